The minimum Gasteiger partial charge on any atom is -0.381 e. The van der Waals surface area contributed by atoms with Crippen LogP contribution >= 0.6 is 0 Å². The molecule has 1 aromatic rings. The second-order valence-corrected chi connectivity index (χ2v) is 2.54. The van der Waals surface area contributed by atoms with E-state index in [0.717, 1.165) is 0 Å². The third-order valence-electron chi connectivity index (χ3n) is 1.48. The first-order chi connectivity index (χ1) is 6.11. The van der Waals surface area contributed by atoms with E-state index >= 15 is 0 Å². The van der Waals surface area contributed by atoms with Crippen LogP contribution in [0.25, 0.3) is 0 Å². The van der Waals surface area contributed by atoms with Crippen molar-refractivity contribution in [2.45, 2.75) is 6.43 Å². The molecule has 0 saturated heterocycles. The lowest BCUT2D eigenvalue weighted by Gasteiger charge is -2.17. The summed E-state index contributed by atoms with van der Waals surface area (Å²) in [5.41, 5.74) is 5.44. The van der Waals surface area contributed by atoms with E-state index in [9.17, 15) is 8.78 Å². The van der Waals surface area contributed by atoms with Gasteiger partial charge < -0.3 is 10.6 Å². The van der Waals surface area contributed by atoms with Crippen LogP contribution in [0.5, 0.6) is 0 Å². The fourth-order valence-corrected chi connectivity index (χ4v) is 0.929. The van der Waals surface area contributed by atoms with Gasteiger partial charge in [0.25, 0.3) is 6.43 Å². The third-order valence-corrected chi connectivity index (χ3v) is 1.48. The van der Waals surface area contributed by atoms with E-state index in [0.29, 0.717) is 0 Å². The van der Waals surface area contributed by atoms with Gasteiger partial charge in [0.05, 0.1) is 6.54 Å². The highest BCUT2D eigenvalue weighted by Crippen LogP contribution is 2.15. The molecular formula is C7H10F2N4. The normalized spacial score (nSPS) is 10.5. The zero-order chi connectivity index (χ0) is 9.84. The standard InChI is InChI=1S/C7H10F2N4/c1-13(4-5(8)9)7-6(10)11-2-3-12-7/h2-3,5H,4H2,1H3,(H2,10,11). The smallest absolute Gasteiger partial charge is 0.255 e. The van der Waals surface area contributed by atoms with Gasteiger partial charge in [-0.1, -0.05) is 0 Å². The molecule has 13 heavy (non-hydrogen) atoms. The number of nitrogens with zero attached hydrogens (tertiary/aromatic N) is 3. The fraction of sp³-hybridized carbons (Fsp3) is 0.429. The van der Waals surface area contributed by atoms with Crippen LogP contribution in [0, 0.1) is 0 Å². The maximum absolute atomic E-state index is 12.0. The van der Waals surface area contributed by atoms with Crippen LogP contribution in [-0.4, -0.2) is 30.0 Å². The Kier molecular flexibility index (Phi) is 2.94. The van der Waals surface area contributed by atoms with Gasteiger partial charge in [0, 0.05) is 19.4 Å². The zero-order valence-electron chi connectivity index (χ0n) is 7.11. The highest BCUT2D eigenvalue weighted by molar-refractivity contribution is 5.56. The molecule has 0 saturated carbocycles. The molecule has 1 heterocycles. The molecule has 0 fully saturated rings. The summed E-state index contributed by atoms with van der Waals surface area (Å²) in [6.45, 7) is -0.400. The minimum absolute atomic E-state index is 0.158. The SMILES string of the molecule is CN(CC(F)F)c1nccnc1N. The molecule has 0 amide bonds. The Morgan fingerprint density at radius 2 is 2.08 bits per heavy atom. The molecule has 6 heteroatoms. The number of hydrogen-bond donors (Lipinski definition) is 1. The molecule has 0 bridgehead atoms. The van der Waals surface area contributed by atoms with Gasteiger partial charge in [0.15, 0.2) is 11.6 Å². The van der Waals surface area contributed by atoms with Gasteiger partial charge in [-0.2, -0.15) is 0 Å². The van der Waals surface area contributed by atoms with Gasteiger partial charge >= 0.3 is 0 Å². The topological polar surface area (TPSA) is 55.0 Å². The van der Waals surface area contributed by atoms with Crippen LogP contribution in [0.15, 0.2) is 12.4 Å². The molecule has 0 atom stereocenters. The Labute approximate surface area is 74.4 Å². The van der Waals surface area contributed by atoms with Crippen LogP contribution in [0.4, 0.5) is 20.4 Å². The lowest BCUT2D eigenvalue weighted by molar-refractivity contribution is 0.156. The van der Waals surface area contributed by atoms with E-state index in [1.54, 1.807) is 0 Å². The van der Waals surface area contributed by atoms with Crippen molar-refractivity contribution in [3.8, 4) is 0 Å². The Morgan fingerprint density at radius 1 is 1.46 bits per heavy atom. The predicted molar refractivity (Wildman–Crippen MR) is 45.7 cm³/mol. The lowest BCUT2D eigenvalue weighted by atomic mass is 10.5. The summed E-state index contributed by atoms with van der Waals surface area (Å²) in [5.74, 6) is 0.438. The maximum Gasteiger partial charge on any atom is 0.255 e. The number of hydrogen-bond acceptors (Lipinski definition) is 4. The minimum atomic E-state index is -2.41. The van der Waals surface area contributed by atoms with Gasteiger partial charge in [-0.25, -0.2) is 18.7 Å². The number of nitrogens with two attached hydrogens (primary N) is 1. The van der Waals surface area contributed by atoms with E-state index < -0.39 is 13.0 Å². The molecule has 0 unspecified atom stereocenters. The van der Waals surface area contributed by atoms with Crippen molar-refractivity contribution in [2.24, 2.45) is 0 Å². The molecule has 0 aromatic carbocycles. The monoisotopic (exact) mass is 188 g/mol. The second-order valence-electron chi connectivity index (χ2n) is 2.54. The Hall–Kier alpha value is -1.46. The van der Waals surface area contributed by atoms with Crippen molar-refractivity contribution >= 4 is 11.6 Å². The molecule has 4 nitrogen and oxygen atoms in total. The number of alkyl halides is 2. The van der Waals surface area contributed by atoms with Crippen LogP contribution in [0.1, 0.15) is 0 Å². The summed E-state index contributed by atoms with van der Waals surface area (Å²) in [5, 5.41) is 0. The molecule has 0 aliphatic rings. The largest absolute Gasteiger partial charge is 0.381 e. The van der Waals surface area contributed by atoms with Gasteiger partial charge in [0.1, 0.15) is 0 Å². The first-order valence-corrected chi connectivity index (χ1v) is 3.67. The van der Waals surface area contributed by atoms with Gasteiger partial charge in [0.2, 0.25) is 0 Å². The average Bonchev–Trinajstić information content (AvgIpc) is 2.03. The van der Waals surface area contributed by atoms with E-state index in [-0.39, 0.29) is 11.6 Å². The molecule has 72 valence electrons. The van der Waals surface area contributed by atoms with E-state index in [2.05, 4.69) is 9.97 Å². The predicted octanol–water partition coefficient (Wildman–Crippen LogP) is 0.760. The average molecular weight is 188 g/mol. The van der Waals surface area contributed by atoms with E-state index in [1.807, 2.05) is 0 Å². The fourth-order valence-electron chi connectivity index (χ4n) is 0.929. The number of nitrogen functional groups attached to an aromatic ring is 1. The Balaban J connectivity index is 2.76. The van der Waals surface area contributed by atoms with Crippen molar-refractivity contribution in [2.75, 3.05) is 24.2 Å². The van der Waals surface area contributed by atoms with Crippen molar-refractivity contribution in [1.29, 1.82) is 0 Å². The third kappa shape index (κ3) is 2.50. The summed E-state index contributed by atoms with van der Waals surface area (Å²) in [4.78, 5) is 8.84. The molecule has 0 aliphatic carbocycles. The summed E-state index contributed by atoms with van der Waals surface area (Å²) >= 11 is 0. The lowest BCUT2D eigenvalue weighted by Crippen LogP contribution is -2.26. The van der Waals surface area contributed by atoms with Crippen LogP contribution in [-0.2, 0) is 0 Å². The van der Waals surface area contributed by atoms with Crippen LogP contribution in [0.2, 0.25) is 0 Å². The first kappa shape index (κ1) is 9.63. The zero-order valence-corrected chi connectivity index (χ0v) is 7.11. The number of halogens is 2. The maximum atomic E-state index is 12.0. The second kappa shape index (κ2) is 3.97. The van der Waals surface area contributed by atoms with Crippen molar-refractivity contribution in [3.63, 3.8) is 0 Å². The van der Waals surface area contributed by atoms with Crippen LogP contribution < -0.4 is 10.6 Å². The highest BCUT2D eigenvalue weighted by atomic mass is 19.3. The Morgan fingerprint density at radius 3 is 2.62 bits per heavy atom. The van der Waals surface area contributed by atoms with Gasteiger partial charge in [-0.3, -0.25) is 0 Å². The molecule has 1 aromatic heterocycles. The summed E-state index contributed by atoms with van der Waals surface area (Å²) < 4.78 is 23.9. The molecule has 0 radical (unpaired) electrons. The summed E-state index contributed by atoms with van der Waals surface area (Å²) in [6, 6.07) is 0. The number of anilines is 2. The molecule has 2 N–H and O–H groups in total. The van der Waals surface area contributed by atoms with Gasteiger partial charge in [-0.15, -0.1) is 0 Å². The Bertz CT molecular complexity index is 279. The highest BCUT2D eigenvalue weighted by Gasteiger charge is 2.12. The number of rotatable bonds is 3. The first-order valence-electron chi connectivity index (χ1n) is 3.67. The number of aromatic nitrogens is 2. The molecule has 1 rings (SSSR count). The molecule has 0 aliphatic heterocycles. The van der Waals surface area contributed by atoms with E-state index in [4.69, 9.17) is 5.73 Å². The molecular weight excluding hydrogens is 178 g/mol. The van der Waals surface area contributed by atoms with Crippen molar-refractivity contribution in [1.82, 2.24) is 9.97 Å². The van der Waals surface area contributed by atoms with Crippen LogP contribution in [0.3, 0.4) is 0 Å². The summed E-state index contributed by atoms with van der Waals surface area (Å²) in [6.07, 6.45) is 0.411. The van der Waals surface area contributed by atoms with Crippen molar-refractivity contribution < 1.29 is 8.78 Å². The van der Waals surface area contributed by atoms with Gasteiger partial charge in [-0.05, 0) is 0 Å². The molecule has 0 spiro atoms. The summed E-state index contributed by atoms with van der Waals surface area (Å²) in [7, 11) is 1.49. The van der Waals surface area contributed by atoms with E-state index in [1.165, 1.54) is 24.3 Å². The quantitative estimate of drug-likeness (QED) is 0.760. The van der Waals surface area contributed by atoms with Crippen molar-refractivity contribution in [3.05, 3.63) is 12.4 Å².